The van der Waals surface area contributed by atoms with Gasteiger partial charge in [0.25, 0.3) is 0 Å². The first kappa shape index (κ1) is 11.1. The second kappa shape index (κ2) is 4.61. The summed E-state index contributed by atoms with van der Waals surface area (Å²) in [5, 5.41) is 10.5. The van der Waals surface area contributed by atoms with Crippen molar-refractivity contribution < 1.29 is 4.92 Å². The maximum Gasteiger partial charge on any atom is 0.381 e. The van der Waals surface area contributed by atoms with E-state index in [0.29, 0.717) is 6.54 Å². The number of rotatable bonds is 4. The lowest BCUT2D eigenvalue weighted by molar-refractivity contribution is -0.389. The van der Waals surface area contributed by atoms with E-state index in [1.807, 2.05) is 24.3 Å². The Morgan fingerprint density at radius 3 is 3.00 bits per heavy atom. The van der Waals surface area contributed by atoms with Gasteiger partial charge in [0.15, 0.2) is 0 Å². The smallest absolute Gasteiger partial charge is 0.358 e. The Hall–Kier alpha value is -2.43. The van der Waals surface area contributed by atoms with E-state index in [4.69, 9.17) is 0 Å². The van der Waals surface area contributed by atoms with Gasteiger partial charge in [0.2, 0.25) is 6.33 Å². The fourth-order valence-electron chi connectivity index (χ4n) is 1.56. The Labute approximate surface area is 98.2 Å². The summed E-state index contributed by atoms with van der Waals surface area (Å²) >= 11 is 0. The van der Waals surface area contributed by atoms with E-state index in [-0.39, 0.29) is 5.82 Å². The number of hydrogen-bond acceptors (Lipinski definition) is 3. The van der Waals surface area contributed by atoms with Gasteiger partial charge in [0, 0.05) is 0 Å². The third-order valence-electron chi connectivity index (χ3n) is 2.36. The zero-order valence-electron chi connectivity index (χ0n) is 9.11. The molecule has 0 saturated carbocycles. The number of nitrogens with zero attached hydrogens (tertiary/aromatic N) is 3. The van der Waals surface area contributed by atoms with E-state index in [2.05, 4.69) is 11.6 Å². The lowest BCUT2D eigenvalue weighted by Crippen LogP contribution is -1.96. The van der Waals surface area contributed by atoms with Crippen molar-refractivity contribution >= 4 is 11.9 Å². The second-order valence-electron chi connectivity index (χ2n) is 3.61. The van der Waals surface area contributed by atoms with Gasteiger partial charge in [-0.2, -0.15) is 0 Å². The highest BCUT2D eigenvalue weighted by molar-refractivity contribution is 5.47. The SMILES string of the molecule is C=Cc1cccc(Cn2cnc([N+](=O)[O-])c2)c1. The molecule has 0 aliphatic rings. The molecule has 5 heteroatoms. The van der Waals surface area contributed by atoms with Gasteiger partial charge in [0.05, 0.1) is 6.54 Å². The fourth-order valence-corrected chi connectivity index (χ4v) is 1.56. The molecule has 0 fully saturated rings. The van der Waals surface area contributed by atoms with Gasteiger partial charge < -0.3 is 14.7 Å². The van der Waals surface area contributed by atoms with E-state index in [9.17, 15) is 10.1 Å². The monoisotopic (exact) mass is 229 g/mol. The first-order valence-corrected chi connectivity index (χ1v) is 5.06. The van der Waals surface area contributed by atoms with Crippen LogP contribution in [-0.4, -0.2) is 14.5 Å². The van der Waals surface area contributed by atoms with E-state index in [1.54, 1.807) is 10.6 Å². The van der Waals surface area contributed by atoms with E-state index in [1.165, 1.54) is 12.5 Å². The number of imidazole rings is 1. The van der Waals surface area contributed by atoms with Crippen LogP contribution in [0.4, 0.5) is 5.82 Å². The summed E-state index contributed by atoms with van der Waals surface area (Å²) in [4.78, 5) is 13.7. The molecule has 0 saturated heterocycles. The molecule has 0 radical (unpaired) electrons. The van der Waals surface area contributed by atoms with Crippen molar-refractivity contribution in [2.75, 3.05) is 0 Å². The third kappa shape index (κ3) is 2.57. The molecule has 0 spiro atoms. The van der Waals surface area contributed by atoms with E-state index < -0.39 is 4.92 Å². The molecule has 1 heterocycles. The number of nitro groups is 1. The molecule has 5 nitrogen and oxygen atoms in total. The summed E-state index contributed by atoms with van der Waals surface area (Å²) in [5.41, 5.74) is 2.08. The highest BCUT2D eigenvalue weighted by atomic mass is 16.6. The van der Waals surface area contributed by atoms with Crippen LogP contribution in [-0.2, 0) is 6.54 Å². The molecule has 0 bridgehead atoms. The van der Waals surface area contributed by atoms with E-state index >= 15 is 0 Å². The molecule has 86 valence electrons. The Morgan fingerprint density at radius 1 is 1.53 bits per heavy atom. The van der Waals surface area contributed by atoms with Crippen LogP contribution in [0.1, 0.15) is 11.1 Å². The van der Waals surface area contributed by atoms with Crippen molar-refractivity contribution in [2.45, 2.75) is 6.54 Å². The summed E-state index contributed by atoms with van der Waals surface area (Å²) in [6.07, 6.45) is 4.64. The van der Waals surface area contributed by atoms with Crippen LogP contribution in [0.2, 0.25) is 0 Å². The molecule has 2 rings (SSSR count). The number of aromatic nitrogens is 2. The van der Waals surface area contributed by atoms with Crippen molar-refractivity contribution in [1.82, 2.24) is 9.55 Å². The summed E-state index contributed by atoms with van der Waals surface area (Å²) < 4.78 is 1.68. The summed E-state index contributed by atoms with van der Waals surface area (Å²) in [6.45, 7) is 4.26. The molecule has 2 aromatic rings. The Morgan fingerprint density at radius 2 is 2.35 bits per heavy atom. The molecule has 0 unspecified atom stereocenters. The summed E-state index contributed by atoms with van der Waals surface area (Å²) in [5.74, 6) is -0.134. The molecule has 1 aromatic heterocycles. The van der Waals surface area contributed by atoms with Crippen LogP contribution in [0.5, 0.6) is 0 Å². The van der Waals surface area contributed by atoms with Crippen LogP contribution >= 0.6 is 0 Å². The fraction of sp³-hybridized carbons (Fsp3) is 0.0833. The highest BCUT2D eigenvalue weighted by Gasteiger charge is 2.09. The molecule has 0 aliphatic heterocycles. The van der Waals surface area contributed by atoms with Gasteiger partial charge >= 0.3 is 5.82 Å². The minimum Gasteiger partial charge on any atom is -0.358 e. The number of benzene rings is 1. The van der Waals surface area contributed by atoms with Crippen molar-refractivity contribution in [3.63, 3.8) is 0 Å². The molecular formula is C12H11N3O2. The van der Waals surface area contributed by atoms with Crippen LogP contribution in [0.25, 0.3) is 6.08 Å². The average molecular weight is 229 g/mol. The molecule has 0 N–H and O–H groups in total. The van der Waals surface area contributed by atoms with Gasteiger partial charge in [-0.1, -0.05) is 30.9 Å². The minimum atomic E-state index is -0.503. The van der Waals surface area contributed by atoms with Crippen molar-refractivity contribution in [3.8, 4) is 0 Å². The topological polar surface area (TPSA) is 61.0 Å². The maximum absolute atomic E-state index is 10.5. The molecule has 1 aromatic carbocycles. The lowest BCUT2D eigenvalue weighted by atomic mass is 10.1. The largest absolute Gasteiger partial charge is 0.381 e. The van der Waals surface area contributed by atoms with Crippen molar-refractivity contribution in [1.29, 1.82) is 0 Å². The predicted octanol–water partition coefficient (Wildman–Crippen LogP) is 2.48. The highest BCUT2D eigenvalue weighted by Crippen LogP contribution is 2.11. The lowest BCUT2D eigenvalue weighted by Gasteiger charge is -2.02. The Kier molecular flexibility index (Phi) is 3.00. The zero-order valence-corrected chi connectivity index (χ0v) is 9.11. The molecule has 17 heavy (non-hydrogen) atoms. The summed E-state index contributed by atoms with van der Waals surface area (Å²) in [6, 6.07) is 7.82. The van der Waals surface area contributed by atoms with Crippen molar-refractivity contribution in [2.24, 2.45) is 0 Å². The third-order valence-corrected chi connectivity index (χ3v) is 2.36. The second-order valence-corrected chi connectivity index (χ2v) is 3.61. The van der Waals surface area contributed by atoms with Gasteiger partial charge in [0.1, 0.15) is 6.20 Å². The van der Waals surface area contributed by atoms with Crippen LogP contribution in [0, 0.1) is 10.1 Å². The van der Waals surface area contributed by atoms with Gasteiger partial charge in [-0.15, -0.1) is 0 Å². The molecular weight excluding hydrogens is 218 g/mol. The predicted molar refractivity (Wildman–Crippen MR) is 64.5 cm³/mol. The van der Waals surface area contributed by atoms with Crippen LogP contribution in [0.3, 0.4) is 0 Å². The van der Waals surface area contributed by atoms with Crippen molar-refractivity contribution in [3.05, 3.63) is 64.6 Å². The molecule has 0 amide bonds. The quantitative estimate of drug-likeness (QED) is 0.597. The van der Waals surface area contributed by atoms with Gasteiger partial charge in [-0.25, -0.2) is 0 Å². The first-order chi connectivity index (χ1) is 8.19. The zero-order chi connectivity index (χ0) is 12.3. The molecule has 0 atom stereocenters. The summed E-state index contributed by atoms with van der Waals surface area (Å²) in [7, 11) is 0. The van der Waals surface area contributed by atoms with E-state index in [0.717, 1.165) is 11.1 Å². The minimum absolute atomic E-state index is 0.134. The first-order valence-electron chi connectivity index (χ1n) is 5.06. The van der Waals surface area contributed by atoms with Gasteiger partial charge in [-0.3, -0.25) is 0 Å². The standard InChI is InChI=1S/C12H11N3O2/c1-2-10-4-3-5-11(6-10)7-14-8-12(13-9-14)15(16)17/h2-6,8-9H,1,7H2. The maximum atomic E-state index is 10.5. The van der Waals surface area contributed by atoms with Gasteiger partial charge in [-0.05, 0) is 27.1 Å². The number of hydrogen-bond donors (Lipinski definition) is 0. The molecule has 0 aliphatic carbocycles. The normalized spacial score (nSPS) is 10.1. The Bertz CT molecular complexity index is 560. The van der Waals surface area contributed by atoms with Crippen LogP contribution in [0.15, 0.2) is 43.4 Å². The van der Waals surface area contributed by atoms with Crippen LogP contribution < -0.4 is 0 Å². The average Bonchev–Trinajstić information content (AvgIpc) is 2.78. The Balaban J connectivity index is 2.19.